The zero-order valence-corrected chi connectivity index (χ0v) is 25.5. The summed E-state index contributed by atoms with van der Waals surface area (Å²) in [7, 11) is 0. The van der Waals surface area contributed by atoms with Crippen molar-refractivity contribution in [3.05, 3.63) is 40.0 Å². The van der Waals surface area contributed by atoms with Gasteiger partial charge in [0, 0.05) is 60.1 Å². The molecule has 0 aromatic carbocycles. The molecule has 3 heterocycles. The first kappa shape index (κ1) is 28.9. The lowest BCUT2D eigenvalue weighted by molar-refractivity contribution is -0.137. The Morgan fingerprint density at radius 2 is 1.77 bits per heavy atom. The largest absolute Gasteiger partial charge is 0.381 e. The molecule has 1 aromatic rings. The van der Waals surface area contributed by atoms with Crippen LogP contribution in [0.25, 0.3) is 5.57 Å². The smallest absolute Gasteiger partial charge is 0.163 e. The summed E-state index contributed by atoms with van der Waals surface area (Å²) >= 11 is 13.6. The summed E-state index contributed by atoms with van der Waals surface area (Å²) in [5.74, 6) is 1.82. The standard InChI is InChI=1S/C31H44Cl2N4O3/c1-19-29-28(25(32)8-11-31(19,29)36-15-20-9-12-38-13-10-20)24-14-27(35-17-26(24)33)37-22-6-4-21(5-7-22)34-16-23-18-39-30(2,3)40-23/h8,11,14,17,19-23,29,34,36H,4-7,9-10,12-13,15-16,18H2,1-3H3,(H,35,37). The van der Waals surface area contributed by atoms with Gasteiger partial charge in [0.2, 0.25) is 0 Å². The van der Waals surface area contributed by atoms with E-state index >= 15 is 0 Å². The summed E-state index contributed by atoms with van der Waals surface area (Å²) in [6.07, 6.45) is 12.9. The fourth-order valence-corrected chi connectivity index (χ4v) is 7.70. The molecule has 4 atom stereocenters. The third-order valence-electron chi connectivity index (χ3n) is 9.70. The fourth-order valence-electron chi connectivity index (χ4n) is 7.21. The first-order valence-electron chi connectivity index (χ1n) is 15.1. The van der Waals surface area contributed by atoms with Gasteiger partial charge in [-0.2, -0.15) is 0 Å². The third kappa shape index (κ3) is 6.12. The second kappa shape index (κ2) is 11.8. The third-order valence-corrected chi connectivity index (χ3v) is 10.3. The van der Waals surface area contributed by atoms with Crippen LogP contribution in [0.1, 0.15) is 64.9 Å². The van der Waals surface area contributed by atoms with E-state index in [4.69, 9.17) is 37.4 Å². The number of allylic oxidation sites excluding steroid dienone is 2. The van der Waals surface area contributed by atoms with Crippen LogP contribution in [0.2, 0.25) is 5.02 Å². The first-order valence-corrected chi connectivity index (χ1v) is 15.9. The summed E-state index contributed by atoms with van der Waals surface area (Å²) < 4.78 is 17.2. The Hall–Kier alpha value is -1.19. The molecule has 1 aromatic heterocycles. The van der Waals surface area contributed by atoms with Crippen molar-refractivity contribution in [2.75, 3.05) is 38.2 Å². The van der Waals surface area contributed by atoms with Gasteiger partial charge in [-0.05, 0) is 88.5 Å². The van der Waals surface area contributed by atoms with E-state index < -0.39 is 5.79 Å². The number of halogens is 2. The maximum atomic E-state index is 6.86. The molecule has 5 aliphatic rings. The molecule has 0 radical (unpaired) electrons. The Morgan fingerprint density at radius 3 is 2.50 bits per heavy atom. The molecule has 4 unspecified atom stereocenters. The Balaban J connectivity index is 1.06. The molecule has 2 saturated carbocycles. The summed E-state index contributed by atoms with van der Waals surface area (Å²) in [5.41, 5.74) is 2.08. The van der Waals surface area contributed by atoms with Gasteiger partial charge in [0.1, 0.15) is 5.82 Å². The molecule has 9 heteroatoms. The van der Waals surface area contributed by atoms with E-state index in [1.54, 1.807) is 6.20 Å². The van der Waals surface area contributed by atoms with Crippen molar-refractivity contribution in [2.24, 2.45) is 17.8 Å². The minimum Gasteiger partial charge on any atom is -0.381 e. The minimum absolute atomic E-state index is 0.0526. The molecule has 2 aliphatic heterocycles. The number of hydrogen-bond donors (Lipinski definition) is 3. The van der Waals surface area contributed by atoms with Gasteiger partial charge in [-0.3, -0.25) is 0 Å². The topological polar surface area (TPSA) is 76.7 Å². The molecular weight excluding hydrogens is 547 g/mol. The lowest BCUT2D eigenvalue weighted by Crippen LogP contribution is -2.41. The van der Waals surface area contributed by atoms with E-state index in [0.717, 1.165) is 86.8 Å². The number of hydrogen-bond acceptors (Lipinski definition) is 7. The number of fused-ring (bicyclic) bond motifs is 1. The summed E-state index contributed by atoms with van der Waals surface area (Å²) in [4.78, 5) is 4.65. The quantitative estimate of drug-likeness (QED) is 0.338. The van der Waals surface area contributed by atoms with Gasteiger partial charge >= 0.3 is 0 Å². The number of nitrogens with one attached hydrogen (secondary N) is 3. The van der Waals surface area contributed by atoms with Crippen LogP contribution in [0.3, 0.4) is 0 Å². The summed E-state index contributed by atoms with van der Waals surface area (Å²) in [6.45, 7) is 10.5. The van der Waals surface area contributed by atoms with Crippen LogP contribution in [0, 0.1) is 17.8 Å². The van der Waals surface area contributed by atoms with Crippen LogP contribution in [0.4, 0.5) is 5.82 Å². The van der Waals surface area contributed by atoms with E-state index in [-0.39, 0.29) is 11.6 Å². The van der Waals surface area contributed by atoms with Crippen molar-refractivity contribution in [3.8, 4) is 0 Å². The molecule has 0 bridgehead atoms. The Bertz CT molecular complexity index is 1130. The molecule has 6 rings (SSSR count). The first-order chi connectivity index (χ1) is 19.2. The number of anilines is 1. The summed E-state index contributed by atoms with van der Waals surface area (Å²) in [5, 5.41) is 12.7. The van der Waals surface area contributed by atoms with Gasteiger partial charge in [0.15, 0.2) is 5.79 Å². The molecule has 2 saturated heterocycles. The number of rotatable bonds is 9. The SMILES string of the molecule is CC1C2C(c3cc(NC4CCC(NCC5COC(C)(C)O5)CC4)ncc3Cl)=C(Cl)C=CC12NCC1CCOCC1. The van der Waals surface area contributed by atoms with Crippen molar-refractivity contribution in [1.82, 2.24) is 15.6 Å². The monoisotopic (exact) mass is 590 g/mol. The predicted octanol–water partition coefficient (Wildman–Crippen LogP) is 5.74. The molecule has 40 heavy (non-hydrogen) atoms. The molecule has 0 amide bonds. The van der Waals surface area contributed by atoms with Crippen LogP contribution in [-0.4, -0.2) is 67.4 Å². The lowest BCUT2D eigenvalue weighted by Gasteiger charge is -2.31. The molecule has 7 nitrogen and oxygen atoms in total. The van der Waals surface area contributed by atoms with E-state index in [1.807, 2.05) is 13.8 Å². The van der Waals surface area contributed by atoms with Crippen molar-refractivity contribution in [1.29, 1.82) is 0 Å². The van der Waals surface area contributed by atoms with Crippen LogP contribution >= 0.6 is 23.2 Å². The molecule has 3 aliphatic carbocycles. The van der Waals surface area contributed by atoms with Crippen LogP contribution < -0.4 is 16.0 Å². The highest BCUT2D eigenvalue weighted by atomic mass is 35.5. The Labute approximate surface area is 248 Å². The van der Waals surface area contributed by atoms with Crippen molar-refractivity contribution >= 4 is 34.6 Å². The Kier molecular flexibility index (Phi) is 8.55. The molecule has 0 spiro atoms. The number of ether oxygens (including phenoxy) is 3. The van der Waals surface area contributed by atoms with Gasteiger partial charge in [-0.25, -0.2) is 4.98 Å². The zero-order chi connectivity index (χ0) is 27.9. The second-order valence-electron chi connectivity index (χ2n) is 12.8. The van der Waals surface area contributed by atoms with Crippen molar-refractivity contribution < 1.29 is 14.2 Å². The molecule has 4 fully saturated rings. The Morgan fingerprint density at radius 1 is 1.02 bits per heavy atom. The minimum atomic E-state index is -0.465. The summed E-state index contributed by atoms with van der Waals surface area (Å²) in [6, 6.07) is 3.01. The number of nitrogens with zero attached hydrogens (tertiary/aromatic N) is 1. The van der Waals surface area contributed by atoms with Gasteiger partial charge in [0.25, 0.3) is 0 Å². The van der Waals surface area contributed by atoms with Gasteiger partial charge in [0.05, 0.1) is 17.7 Å². The van der Waals surface area contributed by atoms with Gasteiger partial charge in [-0.1, -0.05) is 36.2 Å². The van der Waals surface area contributed by atoms with Gasteiger partial charge in [-0.15, -0.1) is 0 Å². The maximum Gasteiger partial charge on any atom is 0.163 e. The average Bonchev–Trinajstić information content (AvgIpc) is 3.37. The van der Waals surface area contributed by atoms with E-state index in [1.165, 1.54) is 0 Å². The number of pyridine rings is 1. The van der Waals surface area contributed by atoms with E-state index in [2.05, 4.69) is 46.1 Å². The highest BCUT2D eigenvalue weighted by molar-refractivity contribution is 6.37. The molecule has 220 valence electrons. The fraction of sp³-hybridized carbons (Fsp3) is 0.710. The number of aromatic nitrogens is 1. The predicted molar refractivity (Wildman–Crippen MR) is 161 cm³/mol. The van der Waals surface area contributed by atoms with Gasteiger partial charge < -0.3 is 30.2 Å². The van der Waals surface area contributed by atoms with Crippen molar-refractivity contribution in [3.63, 3.8) is 0 Å². The second-order valence-corrected chi connectivity index (χ2v) is 13.6. The van der Waals surface area contributed by atoms with Crippen LogP contribution in [0.15, 0.2) is 29.4 Å². The highest BCUT2D eigenvalue weighted by Crippen LogP contribution is 2.62. The molecular formula is C31H44Cl2N4O3. The highest BCUT2D eigenvalue weighted by Gasteiger charge is 2.63. The van der Waals surface area contributed by atoms with Crippen molar-refractivity contribution in [2.45, 2.75) is 88.8 Å². The molecule has 3 N–H and O–H groups in total. The zero-order valence-electron chi connectivity index (χ0n) is 24.0. The maximum absolute atomic E-state index is 6.86. The van der Waals surface area contributed by atoms with E-state index in [0.29, 0.717) is 41.5 Å². The lowest BCUT2D eigenvalue weighted by atomic mass is 9.90. The van der Waals surface area contributed by atoms with E-state index in [9.17, 15) is 0 Å². The average molecular weight is 592 g/mol. The van der Waals surface area contributed by atoms with Crippen LogP contribution in [0.5, 0.6) is 0 Å². The van der Waals surface area contributed by atoms with Crippen LogP contribution in [-0.2, 0) is 14.2 Å². The normalized spacial score (nSPS) is 35.6.